The summed E-state index contributed by atoms with van der Waals surface area (Å²) in [6.07, 6.45) is 1.61. The van der Waals surface area contributed by atoms with Gasteiger partial charge in [-0.3, -0.25) is 0 Å². The fourth-order valence-electron chi connectivity index (χ4n) is 1.33. The molecular weight excluding hydrogens is 178 g/mol. The van der Waals surface area contributed by atoms with Crippen molar-refractivity contribution in [3.05, 3.63) is 18.0 Å². The smallest absolute Gasteiger partial charge is 0.189 e. The minimum atomic E-state index is 0.341. The molecule has 2 rings (SSSR count). The second-order valence-corrected chi connectivity index (χ2v) is 3.84. The second kappa shape index (κ2) is 3.36. The molecule has 1 unspecified atom stereocenters. The average molecular weight is 191 g/mol. The predicted molar refractivity (Wildman–Crippen MR) is 52.9 cm³/mol. The van der Waals surface area contributed by atoms with E-state index in [9.17, 15) is 0 Å². The first-order valence-corrected chi connectivity index (χ1v) is 4.77. The van der Waals surface area contributed by atoms with E-state index in [1.165, 1.54) is 0 Å². The van der Waals surface area contributed by atoms with Crippen molar-refractivity contribution in [1.82, 2.24) is 15.4 Å². The monoisotopic (exact) mass is 191 g/mol. The van der Waals surface area contributed by atoms with Crippen LogP contribution in [0.2, 0.25) is 0 Å². The minimum absolute atomic E-state index is 0.341. The Morgan fingerprint density at radius 2 is 2.07 bits per heavy atom. The topological polar surface area (TPSA) is 51.8 Å². The van der Waals surface area contributed by atoms with Crippen LogP contribution in [0.1, 0.15) is 32.4 Å². The van der Waals surface area contributed by atoms with Crippen molar-refractivity contribution in [3.63, 3.8) is 0 Å². The van der Waals surface area contributed by atoms with Crippen LogP contribution in [0, 0.1) is 5.92 Å². The lowest BCUT2D eigenvalue weighted by molar-refractivity contribution is 0.421. The molecule has 4 nitrogen and oxygen atoms in total. The molecule has 0 aliphatic heterocycles. The van der Waals surface area contributed by atoms with Gasteiger partial charge in [0.25, 0.3) is 0 Å². The molecule has 2 aromatic rings. The summed E-state index contributed by atoms with van der Waals surface area (Å²) in [5.41, 5.74) is 2.40. The van der Waals surface area contributed by atoms with E-state index in [0.29, 0.717) is 17.4 Å². The first-order chi connectivity index (χ1) is 6.70. The molecule has 0 bridgehead atoms. The summed E-state index contributed by atoms with van der Waals surface area (Å²) in [5, 5.41) is 11.9. The van der Waals surface area contributed by atoms with Crippen molar-refractivity contribution in [2.24, 2.45) is 5.92 Å². The number of nitrogens with zero attached hydrogens (tertiary/aromatic N) is 3. The Kier molecular flexibility index (Phi) is 2.19. The maximum Gasteiger partial charge on any atom is 0.189 e. The fraction of sp³-hybridized carbons (Fsp3) is 0.500. The van der Waals surface area contributed by atoms with Crippen LogP contribution in [0.4, 0.5) is 0 Å². The van der Waals surface area contributed by atoms with E-state index >= 15 is 0 Å². The molecule has 1 atom stereocenters. The summed E-state index contributed by atoms with van der Waals surface area (Å²) in [6, 6.07) is 1.78. The largest absolute Gasteiger partial charge is 0.354 e. The van der Waals surface area contributed by atoms with Crippen molar-refractivity contribution in [1.29, 1.82) is 0 Å². The second-order valence-electron chi connectivity index (χ2n) is 3.84. The Morgan fingerprint density at radius 3 is 2.79 bits per heavy atom. The lowest BCUT2D eigenvalue weighted by Gasteiger charge is -2.10. The minimum Gasteiger partial charge on any atom is -0.354 e. The Balaban J connectivity index is 2.53. The number of hydrogen-bond donors (Lipinski definition) is 0. The summed E-state index contributed by atoms with van der Waals surface area (Å²) < 4.78 is 5.17. The van der Waals surface area contributed by atoms with E-state index in [1.807, 2.05) is 0 Å². The number of rotatable bonds is 2. The van der Waals surface area contributed by atoms with Gasteiger partial charge >= 0.3 is 0 Å². The van der Waals surface area contributed by atoms with Gasteiger partial charge in [0.05, 0.1) is 6.20 Å². The van der Waals surface area contributed by atoms with Gasteiger partial charge in [-0.25, -0.2) is 0 Å². The van der Waals surface area contributed by atoms with Crippen LogP contribution in [-0.2, 0) is 0 Å². The molecule has 14 heavy (non-hydrogen) atoms. The highest BCUT2D eigenvalue weighted by Gasteiger charge is 2.18. The van der Waals surface area contributed by atoms with Crippen molar-refractivity contribution >= 4 is 11.1 Å². The quantitative estimate of drug-likeness (QED) is 0.731. The normalized spacial score (nSPS) is 13.7. The molecule has 0 saturated carbocycles. The highest BCUT2D eigenvalue weighted by atomic mass is 16.5. The van der Waals surface area contributed by atoms with Gasteiger partial charge in [0.15, 0.2) is 11.1 Å². The Hall–Kier alpha value is -1.45. The Morgan fingerprint density at radius 1 is 1.29 bits per heavy atom. The first kappa shape index (κ1) is 9.12. The maximum absolute atomic E-state index is 5.17. The Labute approximate surface area is 82.3 Å². The van der Waals surface area contributed by atoms with E-state index in [-0.39, 0.29) is 0 Å². The molecule has 0 saturated heterocycles. The molecule has 74 valence electrons. The number of fused-ring (bicyclic) bond motifs is 1. The fourth-order valence-corrected chi connectivity index (χ4v) is 1.33. The molecule has 0 aliphatic carbocycles. The predicted octanol–water partition coefficient (Wildman–Crippen LogP) is 2.38. The zero-order valence-corrected chi connectivity index (χ0v) is 8.56. The Bertz CT molecular complexity index is 436. The molecule has 2 aromatic heterocycles. The molecule has 0 aliphatic rings. The van der Waals surface area contributed by atoms with Crippen molar-refractivity contribution < 1.29 is 4.52 Å². The van der Waals surface area contributed by atoms with Crippen LogP contribution in [0.5, 0.6) is 0 Å². The van der Waals surface area contributed by atoms with Crippen LogP contribution in [0.15, 0.2) is 16.8 Å². The molecule has 0 N–H and O–H groups in total. The van der Waals surface area contributed by atoms with Gasteiger partial charge in [-0.2, -0.15) is 5.10 Å². The third-order valence-corrected chi connectivity index (χ3v) is 2.60. The van der Waals surface area contributed by atoms with Crippen LogP contribution in [0.25, 0.3) is 11.1 Å². The van der Waals surface area contributed by atoms with Crippen molar-refractivity contribution in [2.45, 2.75) is 26.7 Å². The van der Waals surface area contributed by atoms with E-state index in [1.54, 1.807) is 12.3 Å². The highest BCUT2D eigenvalue weighted by molar-refractivity contribution is 5.74. The van der Waals surface area contributed by atoms with Crippen LogP contribution >= 0.6 is 0 Å². The molecular formula is C10H13N3O. The number of hydrogen-bond acceptors (Lipinski definition) is 4. The number of aromatic nitrogens is 3. The maximum atomic E-state index is 5.17. The summed E-state index contributed by atoms with van der Waals surface area (Å²) in [7, 11) is 0. The molecule has 0 amide bonds. The molecule has 4 heteroatoms. The van der Waals surface area contributed by atoms with Gasteiger partial charge in [-0.1, -0.05) is 25.9 Å². The lowest BCUT2D eigenvalue weighted by Crippen LogP contribution is -2.03. The summed E-state index contributed by atoms with van der Waals surface area (Å²) in [4.78, 5) is 0. The van der Waals surface area contributed by atoms with Crippen molar-refractivity contribution in [3.8, 4) is 0 Å². The van der Waals surface area contributed by atoms with Crippen LogP contribution in [-0.4, -0.2) is 15.4 Å². The zero-order chi connectivity index (χ0) is 10.1. The molecule has 2 heterocycles. The summed E-state index contributed by atoms with van der Waals surface area (Å²) in [5.74, 6) is 0.859. The van der Waals surface area contributed by atoms with Crippen LogP contribution in [0.3, 0.4) is 0 Å². The molecule has 0 fully saturated rings. The highest BCUT2D eigenvalue weighted by Crippen LogP contribution is 2.27. The van der Waals surface area contributed by atoms with Gasteiger partial charge in [0, 0.05) is 12.0 Å². The van der Waals surface area contributed by atoms with Gasteiger partial charge in [-0.15, -0.1) is 5.10 Å². The van der Waals surface area contributed by atoms with E-state index in [4.69, 9.17) is 4.52 Å². The first-order valence-electron chi connectivity index (χ1n) is 4.77. The third kappa shape index (κ3) is 1.36. The summed E-state index contributed by atoms with van der Waals surface area (Å²) >= 11 is 0. The SMILES string of the molecule is CC(C)C(C)c1noc2ccnnc12. The van der Waals surface area contributed by atoms with Gasteiger partial charge < -0.3 is 4.52 Å². The molecule has 0 radical (unpaired) electrons. The average Bonchev–Trinajstić information content (AvgIpc) is 2.60. The lowest BCUT2D eigenvalue weighted by atomic mass is 9.94. The van der Waals surface area contributed by atoms with Crippen LogP contribution < -0.4 is 0 Å². The zero-order valence-electron chi connectivity index (χ0n) is 8.56. The van der Waals surface area contributed by atoms with E-state index in [0.717, 1.165) is 11.2 Å². The van der Waals surface area contributed by atoms with E-state index in [2.05, 4.69) is 36.1 Å². The van der Waals surface area contributed by atoms with Gasteiger partial charge in [-0.05, 0) is 5.92 Å². The third-order valence-electron chi connectivity index (χ3n) is 2.60. The van der Waals surface area contributed by atoms with Gasteiger partial charge in [0.1, 0.15) is 5.69 Å². The van der Waals surface area contributed by atoms with E-state index < -0.39 is 0 Å². The van der Waals surface area contributed by atoms with Gasteiger partial charge in [0.2, 0.25) is 0 Å². The summed E-state index contributed by atoms with van der Waals surface area (Å²) in [6.45, 7) is 6.43. The molecule has 0 spiro atoms. The van der Waals surface area contributed by atoms with Crippen molar-refractivity contribution in [2.75, 3.05) is 0 Å². The standard InChI is InChI=1S/C10H13N3O/c1-6(2)7(3)9-10-8(14-13-9)4-5-11-12-10/h4-7H,1-3H3. The molecule has 0 aromatic carbocycles.